The van der Waals surface area contributed by atoms with Crippen LogP contribution in [0.5, 0.6) is 17.2 Å². The van der Waals surface area contributed by atoms with Crippen LogP contribution >= 0.6 is 15.9 Å². The van der Waals surface area contributed by atoms with Crippen molar-refractivity contribution >= 4 is 21.7 Å². The third kappa shape index (κ3) is 5.51. The smallest absolute Gasteiger partial charge is 0.223 e. The van der Waals surface area contributed by atoms with Gasteiger partial charge in [0.2, 0.25) is 5.43 Å². The zero-order chi connectivity index (χ0) is 21.5. The molecule has 3 aromatic rings. The molecule has 0 aliphatic rings. The van der Waals surface area contributed by atoms with Crippen LogP contribution in [0.4, 0.5) is 0 Å². The first kappa shape index (κ1) is 21.6. The van der Waals surface area contributed by atoms with Crippen LogP contribution in [0, 0.1) is 6.92 Å². The van der Waals surface area contributed by atoms with Crippen LogP contribution in [0.3, 0.4) is 0 Å². The van der Waals surface area contributed by atoms with E-state index in [0.29, 0.717) is 24.4 Å². The molecule has 0 aliphatic heterocycles. The molecule has 0 saturated heterocycles. The van der Waals surface area contributed by atoms with E-state index in [1.165, 1.54) is 6.07 Å². The Morgan fingerprint density at radius 3 is 2.30 bits per heavy atom. The number of carbonyl (C=O) groups excluding carboxylic acids is 1. The number of hydrogen-bond donors (Lipinski definition) is 0. The zero-order valence-corrected chi connectivity index (χ0v) is 18.3. The quantitative estimate of drug-likeness (QED) is 0.436. The lowest BCUT2D eigenvalue weighted by Crippen LogP contribution is -2.20. The van der Waals surface area contributed by atoms with Gasteiger partial charge >= 0.3 is 0 Å². The average Bonchev–Trinajstić information content (AvgIpc) is 2.76. The number of methoxy groups -OCH3 is 1. The summed E-state index contributed by atoms with van der Waals surface area (Å²) in [4.78, 5) is 24.6. The molecular formula is C23H22BrNO5. The van der Waals surface area contributed by atoms with E-state index < -0.39 is 0 Å². The van der Waals surface area contributed by atoms with Gasteiger partial charge in [-0.1, -0.05) is 28.1 Å². The molecule has 0 N–H and O–H groups in total. The van der Waals surface area contributed by atoms with Crippen molar-refractivity contribution in [2.45, 2.75) is 13.5 Å². The maximum atomic E-state index is 12.3. The number of benzene rings is 2. The van der Waals surface area contributed by atoms with E-state index >= 15 is 0 Å². The number of rotatable bonds is 9. The molecule has 0 saturated carbocycles. The Morgan fingerprint density at radius 2 is 1.63 bits per heavy atom. The predicted molar refractivity (Wildman–Crippen MR) is 118 cm³/mol. The molecule has 0 amide bonds. The van der Waals surface area contributed by atoms with Crippen molar-refractivity contribution < 1.29 is 19.0 Å². The largest absolute Gasteiger partial charge is 0.497 e. The lowest BCUT2D eigenvalue weighted by molar-refractivity contribution is 0.0919. The summed E-state index contributed by atoms with van der Waals surface area (Å²) in [7, 11) is 1.61. The van der Waals surface area contributed by atoms with Gasteiger partial charge in [-0.15, -0.1) is 0 Å². The van der Waals surface area contributed by atoms with Crippen molar-refractivity contribution in [3.63, 3.8) is 0 Å². The summed E-state index contributed by atoms with van der Waals surface area (Å²) in [6.45, 7) is 2.51. The summed E-state index contributed by atoms with van der Waals surface area (Å²) in [5.74, 6) is 1.47. The Labute approximate surface area is 183 Å². The summed E-state index contributed by atoms with van der Waals surface area (Å²) in [6, 6.07) is 15.7. The van der Waals surface area contributed by atoms with Crippen LogP contribution in [0.1, 0.15) is 16.1 Å². The van der Waals surface area contributed by atoms with Crippen LogP contribution in [-0.2, 0) is 6.54 Å². The summed E-state index contributed by atoms with van der Waals surface area (Å²) < 4.78 is 19.2. The fraction of sp³-hybridized carbons (Fsp3) is 0.217. The number of hydrogen-bond acceptors (Lipinski definition) is 5. The third-order valence-electron chi connectivity index (χ3n) is 4.56. The lowest BCUT2D eigenvalue weighted by atomic mass is 10.1. The van der Waals surface area contributed by atoms with Crippen LogP contribution in [0.15, 0.2) is 70.1 Å². The first-order valence-corrected chi connectivity index (χ1v) is 10.2. The lowest BCUT2D eigenvalue weighted by Gasteiger charge is -2.15. The van der Waals surface area contributed by atoms with Gasteiger partial charge in [0.25, 0.3) is 0 Å². The third-order valence-corrected chi connectivity index (χ3v) is 5.09. The van der Waals surface area contributed by atoms with Crippen molar-refractivity contribution in [2.75, 3.05) is 20.3 Å². The van der Waals surface area contributed by atoms with Gasteiger partial charge in [-0.25, -0.2) is 0 Å². The molecule has 30 heavy (non-hydrogen) atoms. The summed E-state index contributed by atoms with van der Waals surface area (Å²) in [6.07, 6.45) is 1.69. The number of ketones is 1. The topological polar surface area (TPSA) is 66.8 Å². The minimum atomic E-state index is -0.261. The molecule has 2 aromatic carbocycles. The molecule has 3 rings (SSSR count). The van der Waals surface area contributed by atoms with Gasteiger partial charge in [0.15, 0.2) is 18.1 Å². The molecule has 0 bridgehead atoms. The minimum absolute atomic E-state index is 0.174. The molecule has 7 heteroatoms. The van der Waals surface area contributed by atoms with Crippen molar-refractivity contribution in [1.29, 1.82) is 0 Å². The fourth-order valence-electron chi connectivity index (χ4n) is 2.86. The number of carbonyl (C=O) groups is 1. The molecule has 0 spiro atoms. The summed E-state index contributed by atoms with van der Waals surface area (Å²) in [5.41, 5.74) is 0.910. The van der Waals surface area contributed by atoms with Gasteiger partial charge in [-0.05, 0) is 43.3 Å². The molecule has 1 aromatic heterocycles. The highest BCUT2D eigenvalue weighted by molar-refractivity contribution is 9.10. The van der Waals surface area contributed by atoms with E-state index in [1.54, 1.807) is 44.5 Å². The van der Waals surface area contributed by atoms with Crippen LogP contribution in [0.2, 0.25) is 0 Å². The normalized spacial score (nSPS) is 10.5. The molecule has 6 nitrogen and oxygen atoms in total. The maximum absolute atomic E-state index is 12.3. The standard InChI is InChI=1S/C23H22BrNO5/c1-16-23(30-15-22(27)17-3-5-18(24)6-4-17)21(26)11-12-25(16)13-14-29-20-9-7-19(28-2)8-10-20/h3-12H,13-15H2,1-2H3. The Balaban J connectivity index is 1.61. The van der Waals surface area contributed by atoms with E-state index in [-0.39, 0.29) is 23.6 Å². The number of halogens is 1. The van der Waals surface area contributed by atoms with Crippen LogP contribution in [0.25, 0.3) is 0 Å². The Morgan fingerprint density at radius 1 is 0.967 bits per heavy atom. The van der Waals surface area contributed by atoms with E-state index in [4.69, 9.17) is 14.2 Å². The minimum Gasteiger partial charge on any atom is -0.497 e. The highest BCUT2D eigenvalue weighted by atomic mass is 79.9. The molecule has 156 valence electrons. The maximum Gasteiger partial charge on any atom is 0.223 e. The van der Waals surface area contributed by atoms with E-state index in [9.17, 15) is 9.59 Å². The van der Waals surface area contributed by atoms with Gasteiger partial charge in [0.1, 0.15) is 18.1 Å². The molecule has 0 atom stereocenters. The van der Waals surface area contributed by atoms with Crippen molar-refractivity contribution in [2.24, 2.45) is 0 Å². The van der Waals surface area contributed by atoms with Gasteiger partial charge in [0, 0.05) is 22.3 Å². The Kier molecular flexibility index (Phi) is 7.30. The highest BCUT2D eigenvalue weighted by Gasteiger charge is 2.12. The number of pyridine rings is 1. The molecule has 0 fully saturated rings. The number of aromatic nitrogens is 1. The molecule has 1 heterocycles. The van der Waals surface area contributed by atoms with E-state index in [1.807, 2.05) is 28.8 Å². The van der Waals surface area contributed by atoms with Crippen LogP contribution < -0.4 is 19.6 Å². The predicted octanol–water partition coefficient (Wildman–Crippen LogP) is 4.27. The fourth-order valence-corrected chi connectivity index (χ4v) is 3.13. The SMILES string of the molecule is COc1ccc(OCCn2ccc(=O)c(OCC(=O)c3ccc(Br)cc3)c2C)cc1. The first-order chi connectivity index (χ1) is 14.5. The summed E-state index contributed by atoms with van der Waals surface area (Å²) >= 11 is 3.34. The van der Waals surface area contributed by atoms with Crippen molar-refractivity contribution in [1.82, 2.24) is 4.57 Å². The second kappa shape index (κ2) is 10.1. The monoisotopic (exact) mass is 471 g/mol. The van der Waals surface area contributed by atoms with Crippen LogP contribution in [-0.4, -0.2) is 30.7 Å². The zero-order valence-electron chi connectivity index (χ0n) is 16.8. The summed E-state index contributed by atoms with van der Waals surface area (Å²) in [5, 5.41) is 0. The average molecular weight is 472 g/mol. The van der Waals surface area contributed by atoms with E-state index in [2.05, 4.69) is 15.9 Å². The second-order valence-corrected chi connectivity index (χ2v) is 7.45. The highest BCUT2D eigenvalue weighted by Crippen LogP contribution is 2.18. The van der Waals surface area contributed by atoms with E-state index in [0.717, 1.165) is 16.0 Å². The van der Waals surface area contributed by atoms with Gasteiger partial charge in [-0.2, -0.15) is 0 Å². The van der Waals surface area contributed by atoms with Gasteiger partial charge < -0.3 is 18.8 Å². The van der Waals surface area contributed by atoms with Crippen molar-refractivity contribution in [3.8, 4) is 17.2 Å². The van der Waals surface area contributed by atoms with Gasteiger partial charge in [-0.3, -0.25) is 9.59 Å². The molecule has 0 radical (unpaired) electrons. The molecule has 0 unspecified atom stereocenters. The Bertz CT molecular complexity index is 1060. The number of ether oxygens (including phenoxy) is 3. The molecule has 0 aliphatic carbocycles. The molecular weight excluding hydrogens is 450 g/mol. The van der Waals surface area contributed by atoms with Gasteiger partial charge in [0.05, 0.1) is 19.3 Å². The Hall–Kier alpha value is -3.06. The first-order valence-electron chi connectivity index (χ1n) is 9.36. The van der Waals surface area contributed by atoms with Crippen molar-refractivity contribution in [3.05, 3.63) is 86.7 Å². The number of nitrogens with zero attached hydrogens (tertiary/aromatic N) is 1. The number of Topliss-reactive ketones (excluding diaryl/α,β-unsaturated/α-hetero) is 1. The second-order valence-electron chi connectivity index (χ2n) is 6.53.